The first-order chi connectivity index (χ1) is 17.0. The van der Waals surface area contributed by atoms with E-state index in [9.17, 15) is 27.6 Å². The van der Waals surface area contributed by atoms with Crippen molar-refractivity contribution < 1.29 is 27.6 Å². The van der Waals surface area contributed by atoms with Gasteiger partial charge in [0.05, 0.1) is 4.90 Å². The molecule has 36 heavy (non-hydrogen) atoms. The number of fused-ring (bicyclic) bond motifs is 1. The summed E-state index contributed by atoms with van der Waals surface area (Å²) in [5.74, 6) is -1.86. The summed E-state index contributed by atoms with van der Waals surface area (Å²) in [6.07, 6.45) is 3.00. The fourth-order valence-corrected chi connectivity index (χ4v) is 5.31. The summed E-state index contributed by atoms with van der Waals surface area (Å²) in [6.45, 7) is 3.25. The zero-order valence-corrected chi connectivity index (χ0v) is 21.5. The maximum absolute atomic E-state index is 13.2. The van der Waals surface area contributed by atoms with Gasteiger partial charge in [0.15, 0.2) is 9.84 Å². The molecule has 11 nitrogen and oxygen atoms in total. The van der Waals surface area contributed by atoms with E-state index in [1.807, 2.05) is 6.92 Å². The Balaban J connectivity index is 1.67. The van der Waals surface area contributed by atoms with E-state index >= 15 is 0 Å². The van der Waals surface area contributed by atoms with Gasteiger partial charge in [-0.3, -0.25) is 19.2 Å². The van der Waals surface area contributed by atoms with Gasteiger partial charge in [0.2, 0.25) is 23.6 Å². The van der Waals surface area contributed by atoms with Gasteiger partial charge >= 0.3 is 0 Å². The molecule has 0 saturated carbocycles. The van der Waals surface area contributed by atoms with E-state index in [4.69, 9.17) is 5.73 Å². The van der Waals surface area contributed by atoms with Crippen LogP contribution in [0.1, 0.15) is 44.6 Å². The third-order valence-corrected chi connectivity index (χ3v) is 7.85. The number of hydrogen-bond donors (Lipinski definition) is 4. The van der Waals surface area contributed by atoms with E-state index in [-0.39, 0.29) is 42.1 Å². The Morgan fingerprint density at radius 2 is 1.86 bits per heavy atom. The topological polar surface area (TPSA) is 168 Å². The minimum atomic E-state index is -3.33. The lowest BCUT2D eigenvalue weighted by Crippen LogP contribution is -2.56. The van der Waals surface area contributed by atoms with Crippen LogP contribution in [0.25, 0.3) is 0 Å². The van der Waals surface area contributed by atoms with Crippen LogP contribution in [0.3, 0.4) is 0 Å². The Labute approximate surface area is 211 Å². The van der Waals surface area contributed by atoms with Crippen molar-refractivity contribution in [3.63, 3.8) is 0 Å². The zero-order chi connectivity index (χ0) is 26.5. The molecule has 0 aromatic heterocycles. The maximum atomic E-state index is 13.2. The molecule has 3 rings (SSSR count). The van der Waals surface area contributed by atoms with Crippen molar-refractivity contribution in [2.24, 2.45) is 11.7 Å². The molecular weight excluding hydrogens is 486 g/mol. The molecule has 2 aliphatic heterocycles. The number of sulfone groups is 1. The summed E-state index contributed by atoms with van der Waals surface area (Å²) < 4.78 is 23.3. The average molecular weight is 522 g/mol. The van der Waals surface area contributed by atoms with Gasteiger partial charge in [-0.05, 0) is 49.9 Å². The smallest absolute Gasteiger partial charge is 0.243 e. The third-order valence-electron chi connectivity index (χ3n) is 6.72. The first-order valence-electron chi connectivity index (χ1n) is 12.2. The van der Waals surface area contributed by atoms with Gasteiger partial charge in [0.1, 0.15) is 12.1 Å². The Hall–Kier alpha value is -2.99. The van der Waals surface area contributed by atoms with Crippen LogP contribution in [-0.2, 0) is 35.6 Å². The number of carbonyl (C=O) groups excluding carboxylic acids is 4. The van der Waals surface area contributed by atoms with Crippen molar-refractivity contribution >= 4 is 33.5 Å². The molecule has 0 unspecified atom stereocenters. The highest BCUT2D eigenvalue weighted by Crippen LogP contribution is 2.29. The number of amides is 4. The van der Waals surface area contributed by atoms with Gasteiger partial charge in [-0.1, -0.05) is 19.1 Å². The molecule has 0 bridgehead atoms. The largest absolute Gasteiger partial charge is 0.370 e. The van der Waals surface area contributed by atoms with Gasteiger partial charge in [-0.25, -0.2) is 8.42 Å². The van der Waals surface area contributed by atoms with Crippen LogP contribution in [0.2, 0.25) is 0 Å². The highest BCUT2D eigenvalue weighted by molar-refractivity contribution is 7.90. The molecule has 4 atom stereocenters. The second-order valence-corrected chi connectivity index (χ2v) is 11.6. The second-order valence-electron chi connectivity index (χ2n) is 9.59. The summed E-state index contributed by atoms with van der Waals surface area (Å²) in [4.78, 5) is 52.4. The van der Waals surface area contributed by atoms with Crippen LogP contribution < -0.4 is 21.7 Å². The third kappa shape index (κ3) is 7.03. The number of hydrogen-bond acceptors (Lipinski definition) is 7. The molecule has 4 amide bonds. The number of primary amides is 1. The quantitative estimate of drug-likeness (QED) is 0.338. The predicted molar refractivity (Wildman–Crippen MR) is 132 cm³/mol. The number of nitrogens with one attached hydrogen (secondary N) is 3. The molecule has 1 aromatic carbocycles. The summed E-state index contributed by atoms with van der Waals surface area (Å²) >= 11 is 0. The average Bonchev–Trinajstić information content (AvgIpc) is 3.24. The van der Waals surface area contributed by atoms with Gasteiger partial charge in [-0.2, -0.15) is 0 Å². The molecule has 198 valence electrons. The molecule has 0 radical (unpaired) electrons. The molecule has 12 heteroatoms. The lowest BCUT2D eigenvalue weighted by Gasteiger charge is -2.34. The molecule has 2 fully saturated rings. The van der Waals surface area contributed by atoms with Crippen LogP contribution in [0.15, 0.2) is 29.2 Å². The normalized spacial score (nSPS) is 23.2. The molecule has 2 saturated heterocycles. The van der Waals surface area contributed by atoms with Gasteiger partial charge in [0, 0.05) is 37.7 Å². The van der Waals surface area contributed by atoms with E-state index in [0.29, 0.717) is 24.9 Å². The van der Waals surface area contributed by atoms with E-state index < -0.39 is 39.6 Å². The highest BCUT2D eigenvalue weighted by atomic mass is 32.2. The molecular formula is C24H35N5O6S. The Morgan fingerprint density at radius 3 is 2.50 bits per heavy atom. The fraction of sp³-hybridized carbons (Fsp3) is 0.583. The van der Waals surface area contributed by atoms with Crippen molar-refractivity contribution in [3.8, 4) is 0 Å². The summed E-state index contributed by atoms with van der Waals surface area (Å²) in [5.41, 5.74) is 5.94. The molecule has 1 aromatic rings. The van der Waals surface area contributed by atoms with E-state index in [1.54, 1.807) is 17.0 Å². The fourth-order valence-electron chi connectivity index (χ4n) is 4.68. The monoisotopic (exact) mass is 521 g/mol. The van der Waals surface area contributed by atoms with Crippen LogP contribution in [0, 0.1) is 5.92 Å². The maximum Gasteiger partial charge on any atom is 0.243 e. The number of rotatable bonds is 9. The SMILES string of the molecule is C[C@H]1CNCC[C@H]2CC[C@@H](C(=O)N[C@@H](CCC(N)=O)C(=O)NCc3ccc(S(C)(=O)=O)cc3)N2C1=O. The number of carbonyl (C=O) groups is 4. The summed E-state index contributed by atoms with van der Waals surface area (Å²) in [6, 6.07) is 4.38. The first kappa shape index (κ1) is 27.6. The Bertz CT molecular complexity index is 1090. The van der Waals surface area contributed by atoms with E-state index in [0.717, 1.165) is 19.2 Å². The lowest BCUT2D eigenvalue weighted by molar-refractivity contribution is -0.144. The van der Waals surface area contributed by atoms with E-state index in [2.05, 4.69) is 16.0 Å². The Morgan fingerprint density at radius 1 is 1.17 bits per heavy atom. The van der Waals surface area contributed by atoms with Crippen molar-refractivity contribution in [3.05, 3.63) is 29.8 Å². The van der Waals surface area contributed by atoms with Crippen LogP contribution in [-0.4, -0.2) is 74.4 Å². The minimum absolute atomic E-state index is 0.0182. The molecule has 0 spiro atoms. The van der Waals surface area contributed by atoms with E-state index in [1.165, 1.54) is 12.1 Å². The number of nitrogens with two attached hydrogens (primary N) is 1. The van der Waals surface area contributed by atoms with Gasteiger partial charge in [-0.15, -0.1) is 0 Å². The van der Waals surface area contributed by atoms with Crippen molar-refractivity contribution in [2.45, 2.75) is 68.6 Å². The second kappa shape index (κ2) is 11.8. The number of benzene rings is 1. The van der Waals surface area contributed by atoms with Crippen molar-refractivity contribution in [2.75, 3.05) is 19.3 Å². The highest BCUT2D eigenvalue weighted by Gasteiger charge is 2.43. The standard InChI is InChI=1S/C24H35N5O6S/c1-15-13-26-12-11-17-5-9-20(29(17)24(15)33)23(32)28-19(8-10-21(25)30)22(31)27-14-16-3-6-18(7-4-16)36(2,34)35/h3-4,6-7,15,17,19-20,26H,5,8-14H2,1-2H3,(H2,25,30)(H,27,31)(H,28,32)/t15-,17+,19-,20-/m0/s1. The van der Waals surface area contributed by atoms with Crippen LogP contribution in [0.5, 0.6) is 0 Å². The predicted octanol–water partition coefficient (Wildman–Crippen LogP) is -0.554. The Kier molecular flexibility index (Phi) is 9.07. The van der Waals surface area contributed by atoms with Gasteiger partial charge in [0.25, 0.3) is 0 Å². The van der Waals surface area contributed by atoms with Crippen molar-refractivity contribution in [1.82, 2.24) is 20.9 Å². The molecule has 0 aliphatic carbocycles. The minimum Gasteiger partial charge on any atom is -0.370 e. The zero-order valence-electron chi connectivity index (χ0n) is 20.7. The first-order valence-corrected chi connectivity index (χ1v) is 14.0. The van der Waals surface area contributed by atoms with Gasteiger partial charge < -0.3 is 26.6 Å². The lowest BCUT2D eigenvalue weighted by atomic mass is 10.0. The molecule has 2 aliphatic rings. The summed E-state index contributed by atoms with van der Waals surface area (Å²) in [7, 11) is -3.33. The van der Waals surface area contributed by atoms with Crippen LogP contribution >= 0.6 is 0 Å². The number of nitrogens with zero attached hydrogens (tertiary/aromatic N) is 1. The summed E-state index contributed by atoms with van der Waals surface area (Å²) in [5, 5.41) is 8.72. The van der Waals surface area contributed by atoms with Crippen LogP contribution in [0.4, 0.5) is 0 Å². The molecule has 2 heterocycles. The van der Waals surface area contributed by atoms with Crippen molar-refractivity contribution in [1.29, 1.82) is 0 Å². The molecule has 5 N–H and O–H groups in total.